The molecule has 1 nitrogen and oxygen atoms in total. The molecule has 130 valence electrons. The normalized spacial score (nSPS) is 18.7. The smallest absolute Gasteiger partial charge is 0.120 e. The molecule has 0 aromatic heterocycles. The minimum atomic E-state index is -0.0566. The summed E-state index contributed by atoms with van der Waals surface area (Å²) in [4.78, 5) is 0. The summed E-state index contributed by atoms with van der Waals surface area (Å²) in [6.07, 6.45) is 7.95. The summed E-state index contributed by atoms with van der Waals surface area (Å²) in [5, 5.41) is 0. The molecule has 0 bridgehead atoms. The summed E-state index contributed by atoms with van der Waals surface area (Å²) in [6, 6.07) is 8.84. The van der Waals surface area contributed by atoms with E-state index in [1.807, 2.05) is 0 Å². The number of ether oxygens (including phenoxy) is 1. The van der Waals surface area contributed by atoms with Gasteiger partial charge in [0.25, 0.3) is 0 Å². The van der Waals surface area contributed by atoms with Crippen molar-refractivity contribution in [1.82, 2.24) is 0 Å². The van der Waals surface area contributed by atoms with Crippen LogP contribution in [0.1, 0.15) is 91.5 Å². The standard InChI is InChI=1S/C22H36O/c1-17(16-21(2,3)4)18-12-14-20(15-13-18)23-22(5,6)19-10-8-7-9-11-19/h12-15,17,19H,7-11,16H2,1-6H3. The fraction of sp³-hybridized carbons (Fsp3) is 0.727. The molecule has 1 aromatic rings. The molecule has 23 heavy (non-hydrogen) atoms. The molecule has 1 atom stereocenters. The number of rotatable bonds is 5. The second-order valence-corrected chi connectivity index (χ2v) is 9.28. The van der Waals surface area contributed by atoms with E-state index in [0.717, 1.165) is 5.75 Å². The van der Waals surface area contributed by atoms with Gasteiger partial charge in [-0.25, -0.2) is 0 Å². The molecule has 0 N–H and O–H groups in total. The first kappa shape index (κ1) is 18.4. The maximum absolute atomic E-state index is 6.38. The van der Waals surface area contributed by atoms with E-state index in [1.165, 1.54) is 44.1 Å². The average molecular weight is 317 g/mol. The van der Waals surface area contributed by atoms with Crippen LogP contribution in [-0.4, -0.2) is 5.60 Å². The zero-order valence-electron chi connectivity index (χ0n) is 16.1. The van der Waals surface area contributed by atoms with Gasteiger partial charge in [0.2, 0.25) is 0 Å². The Morgan fingerprint density at radius 2 is 1.52 bits per heavy atom. The van der Waals surface area contributed by atoms with E-state index in [-0.39, 0.29) is 5.60 Å². The van der Waals surface area contributed by atoms with E-state index in [0.29, 0.717) is 17.3 Å². The highest BCUT2D eigenvalue weighted by Gasteiger charge is 2.32. The molecule has 0 aliphatic heterocycles. The molecule has 0 heterocycles. The van der Waals surface area contributed by atoms with Crippen LogP contribution in [0, 0.1) is 11.3 Å². The predicted molar refractivity (Wildman–Crippen MR) is 100 cm³/mol. The fourth-order valence-electron chi connectivity index (χ4n) is 4.09. The molecule has 0 amide bonds. The minimum absolute atomic E-state index is 0.0566. The lowest BCUT2D eigenvalue weighted by Crippen LogP contribution is -2.38. The highest BCUT2D eigenvalue weighted by Crippen LogP contribution is 2.36. The van der Waals surface area contributed by atoms with E-state index in [9.17, 15) is 0 Å². The first-order chi connectivity index (χ1) is 10.7. The number of hydrogen-bond donors (Lipinski definition) is 0. The van der Waals surface area contributed by atoms with Gasteiger partial charge in [-0.15, -0.1) is 0 Å². The predicted octanol–water partition coefficient (Wildman–Crippen LogP) is 6.96. The third-order valence-electron chi connectivity index (χ3n) is 5.34. The van der Waals surface area contributed by atoms with Gasteiger partial charge in [-0.3, -0.25) is 0 Å². The largest absolute Gasteiger partial charge is 0.488 e. The molecule has 1 aliphatic carbocycles. The lowest BCUT2D eigenvalue weighted by atomic mass is 9.78. The number of hydrogen-bond acceptors (Lipinski definition) is 1. The Labute approximate surface area is 143 Å². The molecule has 2 rings (SSSR count). The van der Waals surface area contributed by atoms with E-state index >= 15 is 0 Å². The Morgan fingerprint density at radius 3 is 2.04 bits per heavy atom. The van der Waals surface area contributed by atoms with Crippen molar-refractivity contribution in [2.45, 2.75) is 91.6 Å². The highest BCUT2D eigenvalue weighted by molar-refractivity contribution is 5.30. The van der Waals surface area contributed by atoms with Gasteiger partial charge in [0.05, 0.1) is 0 Å². The lowest BCUT2D eigenvalue weighted by molar-refractivity contribution is 0.0252. The van der Waals surface area contributed by atoms with Crippen molar-refractivity contribution < 1.29 is 4.74 Å². The van der Waals surface area contributed by atoms with E-state index in [1.54, 1.807) is 0 Å². The zero-order chi connectivity index (χ0) is 17.1. The van der Waals surface area contributed by atoms with Crippen LogP contribution in [-0.2, 0) is 0 Å². The van der Waals surface area contributed by atoms with Crippen LogP contribution < -0.4 is 4.74 Å². The second kappa shape index (κ2) is 7.28. The molecule has 1 saturated carbocycles. The van der Waals surface area contributed by atoms with Crippen molar-refractivity contribution >= 4 is 0 Å². The molecule has 1 heteroatoms. The van der Waals surface area contributed by atoms with Gasteiger partial charge in [0, 0.05) is 0 Å². The Hall–Kier alpha value is -0.980. The topological polar surface area (TPSA) is 9.23 Å². The molecule has 1 aliphatic rings. The van der Waals surface area contributed by atoms with Crippen molar-refractivity contribution in [2.75, 3.05) is 0 Å². The van der Waals surface area contributed by atoms with Crippen LogP contribution in [0.2, 0.25) is 0 Å². The van der Waals surface area contributed by atoms with Gasteiger partial charge >= 0.3 is 0 Å². The van der Waals surface area contributed by atoms with Crippen molar-refractivity contribution in [3.05, 3.63) is 29.8 Å². The first-order valence-electron chi connectivity index (χ1n) is 9.46. The SMILES string of the molecule is CC(CC(C)(C)C)c1ccc(OC(C)(C)C2CCCCC2)cc1. The molecule has 1 aromatic carbocycles. The zero-order valence-corrected chi connectivity index (χ0v) is 16.1. The van der Waals surface area contributed by atoms with E-state index in [4.69, 9.17) is 4.74 Å². The van der Waals surface area contributed by atoms with Crippen molar-refractivity contribution in [2.24, 2.45) is 11.3 Å². The maximum atomic E-state index is 6.38. The van der Waals surface area contributed by atoms with Gasteiger partial charge in [0.15, 0.2) is 0 Å². The molecule has 1 fully saturated rings. The second-order valence-electron chi connectivity index (χ2n) is 9.28. The van der Waals surface area contributed by atoms with Crippen molar-refractivity contribution in [1.29, 1.82) is 0 Å². The fourth-order valence-corrected chi connectivity index (χ4v) is 4.09. The first-order valence-corrected chi connectivity index (χ1v) is 9.46. The van der Waals surface area contributed by atoms with Gasteiger partial charge < -0.3 is 4.74 Å². The van der Waals surface area contributed by atoms with Crippen LogP contribution >= 0.6 is 0 Å². The number of benzene rings is 1. The summed E-state index contributed by atoms with van der Waals surface area (Å²) in [6.45, 7) is 13.8. The van der Waals surface area contributed by atoms with Crippen LogP contribution in [0.4, 0.5) is 0 Å². The molecule has 0 saturated heterocycles. The minimum Gasteiger partial charge on any atom is -0.488 e. The van der Waals surface area contributed by atoms with Gasteiger partial charge in [-0.05, 0) is 68.1 Å². The molecule has 0 spiro atoms. The van der Waals surface area contributed by atoms with E-state index < -0.39 is 0 Å². The molecular formula is C22H36O. The van der Waals surface area contributed by atoms with Crippen LogP contribution in [0.15, 0.2) is 24.3 Å². The quantitative estimate of drug-likeness (QED) is 0.570. The summed E-state index contributed by atoms with van der Waals surface area (Å²) in [7, 11) is 0. The van der Waals surface area contributed by atoms with Crippen molar-refractivity contribution in [3.8, 4) is 5.75 Å². The lowest BCUT2D eigenvalue weighted by Gasteiger charge is -2.37. The third kappa shape index (κ3) is 5.55. The van der Waals surface area contributed by atoms with E-state index in [2.05, 4.69) is 65.8 Å². The van der Waals surface area contributed by atoms with Crippen LogP contribution in [0.5, 0.6) is 5.75 Å². The maximum Gasteiger partial charge on any atom is 0.120 e. The third-order valence-corrected chi connectivity index (χ3v) is 5.34. The monoisotopic (exact) mass is 316 g/mol. The van der Waals surface area contributed by atoms with Gasteiger partial charge in [-0.2, -0.15) is 0 Å². The Kier molecular flexibility index (Phi) is 5.81. The van der Waals surface area contributed by atoms with Crippen LogP contribution in [0.3, 0.4) is 0 Å². The highest BCUT2D eigenvalue weighted by atomic mass is 16.5. The Bertz CT molecular complexity index is 472. The van der Waals surface area contributed by atoms with Crippen LogP contribution in [0.25, 0.3) is 0 Å². The summed E-state index contributed by atoms with van der Waals surface area (Å²) in [5.41, 5.74) is 1.74. The molecule has 1 unspecified atom stereocenters. The summed E-state index contributed by atoms with van der Waals surface area (Å²) >= 11 is 0. The summed E-state index contributed by atoms with van der Waals surface area (Å²) < 4.78 is 6.38. The van der Waals surface area contributed by atoms with Crippen molar-refractivity contribution in [3.63, 3.8) is 0 Å². The Balaban J connectivity index is 1.99. The van der Waals surface area contributed by atoms with Gasteiger partial charge in [0.1, 0.15) is 11.4 Å². The Morgan fingerprint density at radius 1 is 0.957 bits per heavy atom. The summed E-state index contributed by atoms with van der Waals surface area (Å²) in [5.74, 6) is 2.30. The van der Waals surface area contributed by atoms with Gasteiger partial charge in [-0.1, -0.05) is 59.1 Å². The molecular weight excluding hydrogens is 280 g/mol. The molecule has 0 radical (unpaired) electrons. The average Bonchev–Trinajstić information content (AvgIpc) is 2.47.